The van der Waals surface area contributed by atoms with Gasteiger partial charge in [0.1, 0.15) is 17.6 Å². The largest absolute Gasteiger partial charge is 0.497 e. The standard InChI is InChI=1S/C24H24N4O6/c1-13-5-4-6-14(2)19(13)22(30)27-20-16(12-25-24(33)28-20)11-18(23(31)32)26-21(29)15-7-9-17(34-3)10-8-15/h4-10,12,18H,11H2,1-3H3,(H,26,29)(H,31,32)(H2,25,27,28,30,33). The fourth-order valence-electron chi connectivity index (χ4n) is 3.44. The molecule has 0 bridgehead atoms. The van der Waals surface area contributed by atoms with Crippen LogP contribution in [0.5, 0.6) is 5.75 Å². The number of nitrogens with zero attached hydrogens (tertiary/aromatic N) is 1. The molecule has 0 aliphatic rings. The topological polar surface area (TPSA) is 150 Å². The lowest BCUT2D eigenvalue weighted by Crippen LogP contribution is -2.42. The van der Waals surface area contributed by atoms with Gasteiger partial charge in [-0.25, -0.2) is 14.6 Å². The maximum Gasteiger partial charge on any atom is 0.346 e. The second-order valence-corrected chi connectivity index (χ2v) is 7.61. The number of aromatic nitrogens is 2. The van der Waals surface area contributed by atoms with E-state index in [2.05, 4.69) is 20.6 Å². The number of H-pyrrole nitrogens is 1. The lowest BCUT2D eigenvalue weighted by molar-refractivity contribution is -0.139. The quantitative estimate of drug-likeness (QED) is 0.398. The lowest BCUT2D eigenvalue weighted by Gasteiger charge is -2.17. The second-order valence-electron chi connectivity index (χ2n) is 7.61. The molecule has 176 valence electrons. The van der Waals surface area contributed by atoms with Crippen LogP contribution in [-0.2, 0) is 11.2 Å². The van der Waals surface area contributed by atoms with Gasteiger partial charge in [0, 0.05) is 29.3 Å². The predicted molar refractivity (Wildman–Crippen MR) is 124 cm³/mol. The minimum Gasteiger partial charge on any atom is -0.497 e. The van der Waals surface area contributed by atoms with Crippen LogP contribution < -0.4 is 21.1 Å². The van der Waals surface area contributed by atoms with Crippen molar-refractivity contribution in [2.75, 3.05) is 12.4 Å². The third-order valence-electron chi connectivity index (χ3n) is 5.22. The number of anilines is 1. The van der Waals surface area contributed by atoms with Crippen molar-refractivity contribution in [3.63, 3.8) is 0 Å². The maximum absolute atomic E-state index is 12.9. The van der Waals surface area contributed by atoms with E-state index in [0.29, 0.717) is 11.3 Å². The molecular formula is C24H24N4O6. The van der Waals surface area contributed by atoms with Crippen molar-refractivity contribution in [2.24, 2.45) is 0 Å². The molecule has 2 amide bonds. The van der Waals surface area contributed by atoms with Crippen LogP contribution in [0.15, 0.2) is 53.5 Å². The number of aryl methyl sites for hydroxylation is 2. The van der Waals surface area contributed by atoms with Gasteiger partial charge in [0.25, 0.3) is 11.8 Å². The van der Waals surface area contributed by atoms with Crippen molar-refractivity contribution in [3.8, 4) is 5.75 Å². The number of methoxy groups -OCH3 is 1. The highest BCUT2D eigenvalue weighted by Crippen LogP contribution is 2.18. The van der Waals surface area contributed by atoms with Crippen LogP contribution in [0.3, 0.4) is 0 Å². The first kappa shape index (κ1) is 24.2. The van der Waals surface area contributed by atoms with Crippen LogP contribution >= 0.6 is 0 Å². The number of aromatic amines is 1. The molecule has 0 aliphatic carbocycles. The van der Waals surface area contributed by atoms with Gasteiger partial charge in [0.15, 0.2) is 0 Å². The summed E-state index contributed by atoms with van der Waals surface area (Å²) in [6, 6.07) is 10.2. The average Bonchev–Trinajstić information content (AvgIpc) is 2.80. The number of carbonyl (C=O) groups excluding carboxylic acids is 2. The molecule has 0 fully saturated rings. The van der Waals surface area contributed by atoms with Gasteiger partial charge < -0.3 is 20.5 Å². The Morgan fingerprint density at radius 3 is 2.29 bits per heavy atom. The highest BCUT2D eigenvalue weighted by Gasteiger charge is 2.24. The molecule has 0 aliphatic heterocycles. The number of carboxylic acids is 1. The highest BCUT2D eigenvalue weighted by molar-refractivity contribution is 6.06. The number of carboxylic acid groups (broad SMARTS) is 1. The van der Waals surface area contributed by atoms with E-state index >= 15 is 0 Å². The molecule has 0 radical (unpaired) electrons. The first-order chi connectivity index (χ1) is 16.2. The van der Waals surface area contributed by atoms with Gasteiger partial charge in [-0.15, -0.1) is 0 Å². The summed E-state index contributed by atoms with van der Waals surface area (Å²) in [6.45, 7) is 3.57. The summed E-state index contributed by atoms with van der Waals surface area (Å²) < 4.78 is 5.05. The maximum atomic E-state index is 12.9. The second kappa shape index (κ2) is 10.4. The Labute approximate surface area is 195 Å². The van der Waals surface area contributed by atoms with Gasteiger partial charge in [0.2, 0.25) is 0 Å². The van der Waals surface area contributed by atoms with E-state index in [0.717, 1.165) is 11.1 Å². The molecule has 0 spiro atoms. The number of aliphatic carboxylic acids is 1. The van der Waals surface area contributed by atoms with Gasteiger partial charge in [-0.2, -0.15) is 0 Å². The lowest BCUT2D eigenvalue weighted by atomic mass is 10.0. The van der Waals surface area contributed by atoms with E-state index in [1.807, 2.05) is 6.07 Å². The van der Waals surface area contributed by atoms with Gasteiger partial charge in [0.05, 0.1) is 7.11 Å². The molecule has 4 N–H and O–H groups in total. The van der Waals surface area contributed by atoms with Gasteiger partial charge in [-0.3, -0.25) is 14.6 Å². The molecule has 1 atom stereocenters. The van der Waals surface area contributed by atoms with Crippen LogP contribution in [-0.4, -0.2) is 46.0 Å². The Hall–Kier alpha value is -4.47. The van der Waals surface area contributed by atoms with E-state index in [1.165, 1.54) is 25.4 Å². The van der Waals surface area contributed by atoms with Crippen LogP contribution in [0.4, 0.5) is 5.82 Å². The normalized spacial score (nSPS) is 11.4. The average molecular weight is 464 g/mol. The van der Waals surface area contributed by atoms with Crippen molar-refractivity contribution in [1.82, 2.24) is 15.3 Å². The molecule has 34 heavy (non-hydrogen) atoms. The first-order valence-corrected chi connectivity index (χ1v) is 10.3. The highest BCUT2D eigenvalue weighted by atomic mass is 16.5. The van der Waals surface area contributed by atoms with Crippen LogP contribution in [0.2, 0.25) is 0 Å². The predicted octanol–water partition coefficient (Wildman–Crippen LogP) is 2.07. The molecule has 1 heterocycles. The van der Waals surface area contributed by atoms with Gasteiger partial charge in [-0.05, 0) is 49.2 Å². The Balaban J connectivity index is 1.84. The molecule has 10 heteroatoms. The number of benzene rings is 2. The van der Waals surface area contributed by atoms with E-state index in [9.17, 15) is 24.3 Å². The fraction of sp³-hybridized carbons (Fsp3) is 0.208. The molecule has 0 saturated heterocycles. The summed E-state index contributed by atoms with van der Waals surface area (Å²) in [6.07, 6.45) is 0.942. The van der Waals surface area contributed by atoms with Gasteiger partial charge >= 0.3 is 11.7 Å². The zero-order valence-corrected chi connectivity index (χ0v) is 18.8. The van der Waals surface area contributed by atoms with Crippen molar-refractivity contribution >= 4 is 23.6 Å². The number of nitrogens with one attached hydrogen (secondary N) is 3. The van der Waals surface area contributed by atoms with Crippen molar-refractivity contribution in [1.29, 1.82) is 0 Å². The minimum absolute atomic E-state index is 0.0117. The number of rotatable bonds is 8. The zero-order chi connectivity index (χ0) is 24.8. The van der Waals surface area contributed by atoms with Crippen molar-refractivity contribution in [3.05, 3.63) is 87.0 Å². The molecule has 1 unspecified atom stereocenters. The zero-order valence-electron chi connectivity index (χ0n) is 18.8. The third kappa shape index (κ3) is 5.66. The van der Waals surface area contributed by atoms with E-state index < -0.39 is 29.5 Å². The summed E-state index contributed by atoms with van der Waals surface area (Å²) in [5.41, 5.74) is 1.69. The molecule has 1 aromatic heterocycles. The Bertz CT molecular complexity index is 1260. The molecule has 2 aromatic carbocycles. The number of ether oxygens (including phenoxy) is 1. The summed E-state index contributed by atoms with van der Waals surface area (Å²) >= 11 is 0. The van der Waals surface area contributed by atoms with Crippen LogP contribution in [0.25, 0.3) is 0 Å². The summed E-state index contributed by atoms with van der Waals surface area (Å²) in [5.74, 6) is -1.80. The Morgan fingerprint density at radius 2 is 1.71 bits per heavy atom. The van der Waals surface area contributed by atoms with E-state index in [4.69, 9.17) is 4.74 Å². The first-order valence-electron chi connectivity index (χ1n) is 10.3. The SMILES string of the molecule is COc1ccc(C(=O)NC(Cc2cnc(=O)[nH]c2NC(=O)c2c(C)cccc2C)C(=O)O)cc1. The van der Waals surface area contributed by atoms with Crippen molar-refractivity contribution in [2.45, 2.75) is 26.3 Å². The smallest absolute Gasteiger partial charge is 0.346 e. The van der Waals surface area contributed by atoms with Crippen LogP contribution in [0, 0.1) is 13.8 Å². The fourth-order valence-corrected chi connectivity index (χ4v) is 3.44. The number of hydrogen-bond acceptors (Lipinski definition) is 6. The molecular weight excluding hydrogens is 440 g/mol. The van der Waals surface area contributed by atoms with Crippen molar-refractivity contribution < 1.29 is 24.2 Å². The number of amides is 2. The number of hydrogen-bond donors (Lipinski definition) is 4. The molecule has 3 rings (SSSR count). The summed E-state index contributed by atoms with van der Waals surface area (Å²) in [5, 5.41) is 14.8. The molecule has 10 nitrogen and oxygen atoms in total. The van der Waals surface area contributed by atoms with Crippen LogP contribution in [0.1, 0.15) is 37.4 Å². The van der Waals surface area contributed by atoms with E-state index in [1.54, 1.807) is 38.1 Å². The third-order valence-corrected chi connectivity index (χ3v) is 5.22. The van der Waals surface area contributed by atoms with Gasteiger partial charge in [-0.1, -0.05) is 18.2 Å². The number of carbonyl (C=O) groups is 3. The monoisotopic (exact) mass is 464 g/mol. The van der Waals surface area contributed by atoms with E-state index in [-0.39, 0.29) is 23.4 Å². The molecule has 3 aromatic rings. The summed E-state index contributed by atoms with van der Waals surface area (Å²) in [4.78, 5) is 55.2. The summed E-state index contributed by atoms with van der Waals surface area (Å²) in [7, 11) is 1.49. The minimum atomic E-state index is -1.35. The Kier molecular flexibility index (Phi) is 7.42. The molecule has 0 saturated carbocycles. The Morgan fingerprint density at radius 1 is 1.06 bits per heavy atom.